The lowest BCUT2D eigenvalue weighted by atomic mass is 10.00. The van der Waals surface area contributed by atoms with Gasteiger partial charge in [-0.15, -0.1) is 0 Å². The summed E-state index contributed by atoms with van der Waals surface area (Å²) in [5.74, 6) is 1.69. The molecule has 0 unspecified atom stereocenters. The van der Waals surface area contributed by atoms with Gasteiger partial charge in [-0.2, -0.15) is 0 Å². The molecular weight excluding hydrogens is 444 g/mol. The minimum atomic E-state index is 0.201. The second-order valence-electron chi connectivity index (χ2n) is 8.94. The lowest BCUT2D eigenvalue weighted by molar-refractivity contribution is 0.415. The fraction of sp³-hybridized carbons (Fsp3) is 0.0312. The summed E-state index contributed by atoms with van der Waals surface area (Å²) in [4.78, 5) is 5.26. The third-order valence-electron chi connectivity index (χ3n) is 6.99. The van der Waals surface area contributed by atoms with E-state index in [2.05, 4.69) is 59.2 Å². The topological polar surface area (TPSA) is 47.3 Å². The number of phenols is 1. The maximum Gasteiger partial charge on any atom is 0.150 e. The van der Waals surface area contributed by atoms with E-state index in [0.29, 0.717) is 11.4 Å². The number of methoxy groups -OCH3 is 1. The van der Waals surface area contributed by atoms with Crippen LogP contribution in [0.3, 0.4) is 0 Å². The Hall–Kier alpha value is -4.83. The minimum absolute atomic E-state index is 0.201. The van der Waals surface area contributed by atoms with Crippen molar-refractivity contribution in [1.82, 2.24) is 9.55 Å². The van der Waals surface area contributed by atoms with Gasteiger partial charge in [0.1, 0.15) is 17.3 Å². The molecule has 1 heterocycles. The van der Waals surface area contributed by atoms with Crippen LogP contribution in [-0.2, 0) is 0 Å². The van der Waals surface area contributed by atoms with Crippen molar-refractivity contribution in [3.05, 3.63) is 109 Å². The number of rotatable bonds is 3. The van der Waals surface area contributed by atoms with Crippen molar-refractivity contribution in [3.63, 3.8) is 0 Å². The van der Waals surface area contributed by atoms with Crippen LogP contribution < -0.4 is 4.74 Å². The van der Waals surface area contributed by atoms with Crippen LogP contribution >= 0.6 is 0 Å². The summed E-state index contributed by atoms with van der Waals surface area (Å²) in [7, 11) is 1.67. The largest absolute Gasteiger partial charge is 0.507 e. The summed E-state index contributed by atoms with van der Waals surface area (Å²) >= 11 is 0. The van der Waals surface area contributed by atoms with Gasteiger partial charge in [0.2, 0.25) is 0 Å². The predicted molar refractivity (Wildman–Crippen MR) is 147 cm³/mol. The number of fused-ring (bicyclic) bond motifs is 7. The van der Waals surface area contributed by atoms with Crippen molar-refractivity contribution in [2.75, 3.05) is 7.11 Å². The molecule has 0 aliphatic rings. The average Bonchev–Trinajstić information content (AvgIpc) is 3.33. The molecule has 0 amide bonds. The number of imidazole rings is 1. The average molecular weight is 467 g/mol. The summed E-state index contributed by atoms with van der Waals surface area (Å²) in [6.45, 7) is 0. The molecule has 7 aromatic rings. The van der Waals surface area contributed by atoms with Crippen molar-refractivity contribution >= 4 is 43.4 Å². The molecule has 172 valence electrons. The lowest BCUT2D eigenvalue weighted by Gasteiger charge is -2.14. The minimum Gasteiger partial charge on any atom is -0.507 e. The number of benzene rings is 6. The summed E-state index contributed by atoms with van der Waals surface area (Å²) in [5.41, 5.74) is 3.58. The molecule has 7 rings (SSSR count). The Morgan fingerprint density at radius 3 is 1.97 bits per heavy atom. The van der Waals surface area contributed by atoms with Gasteiger partial charge in [-0.3, -0.25) is 4.57 Å². The molecule has 1 N–H and O–H groups in total. The van der Waals surface area contributed by atoms with Gasteiger partial charge in [0.25, 0.3) is 0 Å². The first-order valence-corrected chi connectivity index (χ1v) is 11.9. The Morgan fingerprint density at radius 1 is 0.639 bits per heavy atom. The number of hydrogen-bond acceptors (Lipinski definition) is 3. The fourth-order valence-corrected chi connectivity index (χ4v) is 5.35. The highest BCUT2D eigenvalue weighted by atomic mass is 16.5. The molecule has 0 saturated carbocycles. The Morgan fingerprint density at radius 2 is 1.25 bits per heavy atom. The highest BCUT2D eigenvalue weighted by Gasteiger charge is 2.23. The van der Waals surface area contributed by atoms with Crippen LogP contribution in [0.1, 0.15) is 0 Å². The molecule has 4 heteroatoms. The molecule has 6 aromatic carbocycles. The number of nitrogens with zero attached hydrogens (tertiary/aromatic N) is 2. The Bertz CT molecular complexity index is 1930. The Kier molecular flexibility index (Phi) is 4.48. The summed E-state index contributed by atoms with van der Waals surface area (Å²) in [6, 6.07) is 36.6. The van der Waals surface area contributed by atoms with E-state index in [0.717, 1.165) is 49.4 Å². The Labute approximate surface area is 207 Å². The van der Waals surface area contributed by atoms with Crippen molar-refractivity contribution in [2.45, 2.75) is 0 Å². The normalized spacial score (nSPS) is 11.6. The molecule has 0 atom stereocenters. The van der Waals surface area contributed by atoms with Crippen LogP contribution in [0.25, 0.3) is 60.4 Å². The molecule has 0 radical (unpaired) electrons. The molecule has 0 bridgehead atoms. The number of ether oxygens (including phenoxy) is 1. The van der Waals surface area contributed by atoms with E-state index >= 15 is 0 Å². The van der Waals surface area contributed by atoms with Gasteiger partial charge >= 0.3 is 0 Å². The molecule has 0 aliphatic heterocycles. The standard InChI is InChI=1S/C32H22N2O2/c1-36-22-17-15-21(16-18-22)34-31-27-13-7-5-11-25(27)24-10-4-6-12-26(24)30(31)33-32(34)29-23-9-3-2-8-20(23)14-19-28(29)35/h2-19,35H,1H3. The lowest BCUT2D eigenvalue weighted by Crippen LogP contribution is -1.99. The maximum absolute atomic E-state index is 11.2. The number of aromatic hydroxyl groups is 1. The van der Waals surface area contributed by atoms with Crippen molar-refractivity contribution < 1.29 is 9.84 Å². The van der Waals surface area contributed by atoms with Crippen molar-refractivity contribution in [3.8, 4) is 28.6 Å². The highest BCUT2D eigenvalue weighted by Crippen LogP contribution is 2.43. The molecule has 1 aromatic heterocycles. The second-order valence-corrected chi connectivity index (χ2v) is 8.94. The van der Waals surface area contributed by atoms with Gasteiger partial charge in [0.15, 0.2) is 0 Å². The SMILES string of the molecule is COc1ccc(-n2c(-c3c(O)ccc4ccccc34)nc3c4ccccc4c4ccccc4c32)cc1. The van der Waals surface area contributed by atoms with E-state index in [1.165, 1.54) is 5.39 Å². The quantitative estimate of drug-likeness (QED) is 0.270. The van der Waals surface area contributed by atoms with Gasteiger partial charge in [-0.25, -0.2) is 4.98 Å². The number of hydrogen-bond donors (Lipinski definition) is 1. The predicted octanol–water partition coefficient (Wildman–Crippen LogP) is 7.87. The third-order valence-corrected chi connectivity index (χ3v) is 6.99. The zero-order valence-electron chi connectivity index (χ0n) is 19.6. The van der Waals surface area contributed by atoms with Crippen LogP contribution in [0.15, 0.2) is 109 Å². The van der Waals surface area contributed by atoms with Gasteiger partial charge in [0.05, 0.1) is 23.7 Å². The molecule has 0 fully saturated rings. The number of phenolic OH excluding ortho intramolecular Hbond substituents is 1. The van der Waals surface area contributed by atoms with Gasteiger partial charge in [-0.05, 0) is 51.9 Å². The Balaban J connectivity index is 1.73. The number of aromatic nitrogens is 2. The van der Waals surface area contributed by atoms with E-state index in [9.17, 15) is 5.11 Å². The fourth-order valence-electron chi connectivity index (χ4n) is 5.35. The molecule has 36 heavy (non-hydrogen) atoms. The van der Waals surface area contributed by atoms with Crippen LogP contribution in [0.4, 0.5) is 0 Å². The zero-order chi connectivity index (χ0) is 24.2. The first-order valence-electron chi connectivity index (χ1n) is 11.9. The van der Waals surface area contributed by atoms with Gasteiger partial charge in [0, 0.05) is 16.5 Å². The van der Waals surface area contributed by atoms with Crippen molar-refractivity contribution in [1.29, 1.82) is 0 Å². The van der Waals surface area contributed by atoms with E-state index < -0.39 is 0 Å². The van der Waals surface area contributed by atoms with E-state index in [-0.39, 0.29) is 5.75 Å². The first kappa shape index (κ1) is 20.5. The summed E-state index contributed by atoms with van der Waals surface area (Å²) in [5, 5.41) is 17.7. The summed E-state index contributed by atoms with van der Waals surface area (Å²) in [6.07, 6.45) is 0. The van der Waals surface area contributed by atoms with E-state index in [1.807, 2.05) is 48.5 Å². The maximum atomic E-state index is 11.2. The molecular formula is C32H22N2O2. The van der Waals surface area contributed by atoms with Crippen LogP contribution in [-0.4, -0.2) is 21.8 Å². The zero-order valence-corrected chi connectivity index (χ0v) is 19.6. The van der Waals surface area contributed by atoms with E-state index in [4.69, 9.17) is 9.72 Å². The third kappa shape index (κ3) is 2.91. The monoisotopic (exact) mass is 466 g/mol. The van der Waals surface area contributed by atoms with Crippen LogP contribution in [0, 0.1) is 0 Å². The van der Waals surface area contributed by atoms with Crippen LogP contribution in [0.2, 0.25) is 0 Å². The second kappa shape index (κ2) is 7.85. The van der Waals surface area contributed by atoms with Gasteiger partial charge in [-0.1, -0.05) is 78.9 Å². The summed E-state index contributed by atoms with van der Waals surface area (Å²) < 4.78 is 7.60. The van der Waals surface area contributed by atoms with Crippen LogP contribution in [0.5, 0.6) is 11.5 Å². The highest BCUT2D eigenvalue weighted by molar-refractivity contribution is 6.24. The first-order chi connectivity index (χ1) is 17.7. The molecule has 0 saturated heterocycles. The molecule has 0 aliphatic carbocycles. The van der Waals surface area contributed by atoms with Crippen molar-refractivity contribution in [2.24, 2.45) is 0 Å². The molecule has 0 spiro atoms. The van der Waals surface area contributed by atoms with E-state index in [1.54, 1.807) is 13.2 Å². The van der Waals surface area contributed by atoms with Gasteiger partial charge < -0.3 is 9.84 Å². The molecule has 4 nitrogen and oxygen atoms in total. The smallest absolute Gasteiger partial charge is 0.150 e.